The Balaban J connectivity index is 1.78. The van der Waals surface area contributed by atoms with Gasteiger partial charge < -0.3 is 9.73 Å². The lowest BCUT2D eigenvalue weighted by atomic mass is 10.1. The molecule has 4 aromatic rings. The number of aromatic nitrogens is 1. The highest BCUT2D eigenvalue weighted by molar-refractivity contribution is 6.04. The SMILES string of the molecule is CC(C)CC(=O)Nc1ccccc1-c1nc2c(ccc3ccccc32)o1. The largest absolute Gasteiger partial charge is 0.436 e. The number of nitrogens with one attached hydrogen (secondary N) is 1. The number of oxazole rings is 1. The number of fused-ring (bicyclic) bond motifs is 3. The van der Waals surface area contributed by atoms with E-state index in [1.165, 1.54) is 0 Å². The Bertz CT molecular complexity index is 1100. The molecule has 1 heterocycles. The summed E-state index contributed by atoms with van der Waals surface area (Å²) in [6.07, 6.45) is 0.479. The zero-order valence-electron chi connectivity index (χ0n) is 14.8. The van der Waals surface area contributed by atoms with Crippen LogP contribution in [0.3, 0.4) is 0 Å². The van der Waals surface area contributed by atoms with Crippen LogP contribution in [0.25, 0.3) is 33.3 Å². The molecule has 130 valence electrons. The van der Waals surface area contributed by atoms with Crippen molar-refractivity contribution in [1.29, 1.82) is 0 Å². The van der Waals surface area contributed by atoms with Crippen molar-refractivity contribution < 1.29 is 9.21 Å². The van der Waals surface area contributed by atoms with E-state index in [-0.39, 0.29) is 5.91 Å². The number of hydrogen-bond donors (Lipinski definition) is 1. The summed E-state index contributed by atoms with van der Waals surface area (Å²) in [5.41, 5.74) is 3.07. The molecule has 0 spiro atoms. The highest BCUT2D eigenvalue weighted by atomic mass is 16.3. The molecule has 1 N–H and O–H groups in total. The van der Waals surface area contributed by atoms with E-state index in [9.17, 15) is 4.79 Å². The van der Waals surface area contributed by atoms with Gasteiger partial charge in [-0.05, 0) is 29.5 Å². The van der Waals surface area contributed by atoms with Crippen LogP contribution in [0.15, 0.2) is 65.1 Å². The summed E-state index contributed by atoms with van der Waals surface area (Å²) in [7, 11) is 0. The molecule has 4 nitrogen and oxygen atoms in total. The number of carbonyl (C=O) groups excluding carboxylic acids is 1. The molecule has 0 radical (unpaired) electrons. The van der Waals surface area contributed by atoms with E-state index in [1.807, 2.05) is 68.4 Å². The first-order chi connectivity index (χ1) is 12.6. The zero-order valence-corrected chi connectivity index (χ0v) is 14.8. The Morgan fingerprint density at radius 3 is 2.65 bits per heavy atom. The number of benzene rings is 3. The van der Waals surface area contributed by atoms with Gasteiger partial charge in [-0.1, -0.05) is 56.3 Å². The summed E-state index contributed by atoms with van der Waals surface area (Å²) < 4.78 is 6.00. The molecule has 0 atom stereocenters. The van der Waals surface area contributed by atoms with Crippen LogP contribution in [0.4, 0.5) is 5.69 Å². The van der Waals surface area contributed by atoms with Gasteiger partial charge in [0.15, 0.2) is 5.58 Å². The second-order valence-corrected chi connectivity index (χ2v) is 6.84. The predicted octanol–water partition coefficient (Wildman–Crippen LogP) is 5.63. The highest BCUT2D eigenvalue weighted by Crippen LogP contribution is 2.33. The standard InChI is InChI=1S/C22H20N2O2/c1-14(2)13-20(25)23-18-10-6-5-9-17(18)22-24-21-16-8-4-3-7-15(16)11-12-19(21)26-22/h3-12,14H,13H2,1-2H3,(H,23,25). The third kappa shape index (κ3) is 3.06. The van der Waals surface area contributed by atoms with Crippen molar-refractivity contribution in [3.63, 3.8) is 0 Å². The van der Waals surface area contributed by atoms with E-state index in [4.69, 9.17) is 9.40 Å². The fraction of sp³-hybridized carbons (Fsp3) is 0.182. The smallest absolute Gasteiger partial charge is 0.229 e. The fourth-order valence-electron chi connectivity index (χ4n) is 3.13. The number of para-hydroxylation sites is 1. The van der Waals surface area contributed by atoms with Crippen LogP contribution < -0.4 is 5.32 Å². The molecule has 0 bridgehead atoms. The minimum absolute atomic E-state index is 0.00555. The molecule has 0 fully saturated rings. The van der Waals surface area contributed by atoms with Gasteiger partial charge in [0.05, 0.1) is 11.3 Å². The Kier molecular flexibility index (Phi) is 4.17. The van der Waals surface area contributed by atoms with Crippen LogP contribution in [0.1, 0.15) is 20.3 Å². The molecule has 1 amide bonds. The van der Waals surface area contributed by atoms with Gasteiger partial charge >= 0.3 is 0 Å². The first kappa shape index (κ1) is 16.3. The Labute approximate surface area is 151 Å². The minimum Gasteiger partial charge on any atom is -0.436 e. The van der Waals surface area contributed by atoms with Crippen molar-refractivity contribution in [1.82, 2.24) is 4.98 Å². The molecule has 0 aliphatic carbocycles. The van der Waals surface area contributed by atoms with E-state index in [0.29, 0.717) is 23.9 Å². The van der Waals surface area contributed by atoms with Crippen molar-refractivity contribution in [2.24, 2.45) is 5.92 Å². The van der Waals surface area contributed by atoms with Gasteiger partial charge in [-0.15, -0.1) is 0 Å². The van der Waals surface area contributed by atoms with Gasteiger partial charge in [-0.2, -0.15) is 0 Å². The number of hydrogen-bond acceptors (Lipinski definition) is 3. The molecule has 0 saturated carbocycles. The van der Waals surface area contributed by atoms with Gasteiger partial charge in [-0.3, -0.25) is 4.79 Å². The molecule has 3 aromatic carbocycles. The summed E-state index contributed by atoms with van der Waals surface area (Å²) in [6.45, 7) is 4.05. The van der Waals surface area contributed by atoms with Crippen LogP contribution in [0.2, 0.25) is 0 Å². The van der Waals surface area contributed by atoms with Crippen molar-refractivity contribution in [2.75, 3.05) is 5.32 Å². The van der Waals surface area contributed by atoms with E-state index in [1.54, 1.807) is 0 Å². The normalized spacial score (nSPS) is 11.3. The summed E-state index contributed by atoms with van der Waals surface area (Å²) >= 11 is 0. The monoisotopic (exact) mass is 344 g/mol. The molecular formula is C22H20N2O2. The molecule has 26 heavy (non-hydrogen) atoms. The molecule has 4 rings (SSSR count). The first-order valence-electron chi connectivity index (χ1n) is 8.79. The second kappa shape index (κ2) is 6.64. The summed E-state index contributed by atoms with van der Waals surface area (Å²) in [5, 5.41) is 5.16. The number of amides is 1. The Morgan fingerprint density at radius 2 is 1.81 bits per heavy atom. The lowest BCUT2D eigenvalue weighted by Gasteiger charge is -2.10. The van der Waals surface area contributed by atoms with Crippen LogP contribution in [0.5, 0.6) is 0 Å². The topological polar surface area (TPSA) is 55.1 Å². The third-order valence-electron chi connectivity index (χ3n) is 4.31. The first-order valence-corrected chi connectivity index (χ1v) is 8.79. The summed E-state index contributed by atoms with van der Waals surface area (Å²) in [4.78, 5) is 16.9. The second-order valence-electron chi connectivity index (χ2n) is 6.84. The summed E-state index contributed by atoms with van der Waals surface area (Å²) in [5.74, 6) is 0.809. The van der Waals surface area contributed by atoms with Crippen LogP contribution in [0, 0.1) is 5.92 Å². The fourth-order valence-corrected chi connectivity index (χ4v) is 3.13. The number of anilines is 1. The maximum atomic E-state index is 12.2. The van der Waals surface area contributed by atoms with Gasteiger partial charge in [-0.25, -0.2) is 4.98 Å². The van der Waals surface area contributed by atoms with Crippen molar-refractivity contribution >= 4 is 33.5 Å². The molecule has 0 unspecified atom stereocenters. The van der Waals surface area contributed by atoms with Gasteiger partial charge in [0, 0.05) is 11.8 Å². The van der Waals surface area contributed by atoms with Crippen molar-refractivity contribution in [3.8, 4) is 11.5 Å². The Morgan fingerprint density at radius 1 is 1.04 bits per heavy atom. The quantitative estimate of drug-likeness (QED) is 0.522. The van der Waals surface area contributed by atoms with Crippen LogP contribution >= 0.6 is 0 Å². The maximum Gasteiger partial charge on any atom is 0.229 e. The molecule has 0 saturated heterocycles. The van der Waals surface area contributed by atoms with E-state index >= 15 is 0 Å². The molecule has 0 aliphatic rings. The number of rotatable bonds is 4. The van der Waals surface area contributed by atoms with Crippen molar-refractivity contribution in [3.05, 3.63) is 60.7 Å². The number of carbonyl (C=O) groups is 1. The van der Waals surface area contributed by atoms with Gasteiger partial charge in [0.1, 0.15) is 5.52 Å². The number of nitrogens with zero attached hydrogens (tertiary/aromatic N) is 1. The van der Waals surface area contributed by atoms with E-state index in [0.717, 1.165) is 27.4 Å². The van der Waals surface area contributed by atoms with Crippen LogP contribution in [-0.2, 0) is 4.79 Å². The molecular weight excluding hydrogens is 324 g/mol. The van der Waals surface area contributed by atoms with Crippen molar-refractivity contribution in [2.45, 2.75) is 20.3 Å². The highest BCUT2D eigenvalue weighted by Gasteiger charge is 2.15. The molecule has 4 heteroatoms. The lowest BCUT2D eigenvalue weighted by molar-refractivity contribution is -0.116. The predicted molar refractivity (Wildman–Crippen MR) is 105 cm³/mol. The third-order valence-corrected chi connectivity index (χ3v) is 4.31. The summed E-state index contributed by atoms with van der Waals surface area (Å²) in [6, 6.07) is 19.7. The average Bonchev–Trinajstić information content (AvgIpc) is 3.06. The Hall–Kier alpha value is -3.14. The lowest BCUT2D eigenvalue weighted by Crippen LogP contribution is -2.14. The molecule has 1 aromatic heterocycles. The van der Waals surface area contributed by atoms with Crippen LogP contribution in [-0.4, -0.2) is 10.9 Å². The minimum atomic E-state index is -0.00555. The zero-order chi connectivity index (χ0) is 18.1. The average molecular weight is 344 g/mol. The maximum absolute atomic E-state index is 12.2. The van der Waals surface area contributed by atoms with E-state index in [2.05, 4.69) is 11.4 Å². The van der Waals surface area contributed by atoms with Gasteiger partial charge in [0.2, 0.25) is 11.8 Å². The van der Waals surface area contributed by atoms with Gasteiger partial charge in [0.25, 0.3) is 0 Å². The van der Waals surface area contributed by atoms with E-state index < -0.39 is 0 Å². The molecule has 0 aliphatic heterocycles.